The minimum atomic E-state index is -5.02. The van der Waals surface area contributed by atoms with Gasteiger partial charge in [-0.05, 0) is 258 Å². The maximum Gasteiger partial charge on any atom is 0.416 e. The van der Waals surface area contributed by atoms with Crippen molar-refractivity contribution in [2.75, 3.05) is 0 Å². The van der Waals surface area contributed by atoms with Gasteiger partial charge in [-0.25, -0.2) is 22.8 Å². The Morgan fingerprint density at radius 3 is 1.09 bits per heavy atom. The summed E-state index contributed by atoms with van der Waals surface area (Å²) in [6.45, 7) is 8.84. The summed E-state index contributed by atoms with van der Waals surface area (Å²) in [6.07, 6.45) is -34.1. The Hall–Kier alpha value is -12.1. The average molecular weight is 2020 g/mol. The van der Waals surface area contributed by atoms with Crippen molar-refractivity contribution in [3.8, 4) is 0 Å². The van der Waals surface area contributed by atoms with Crippen LogP contribution in [-0.4, -0.2) is 89.9 Å². The Bertz CT molecular complexity index is 5960. The van der Waals surface area contributed by atoms with Crippen molar-refractivity contribution < 1.29 is 153 Å². The van der Waals surface area contributed by atoms with E-state index < -0.39 is 199 Å². The molecule has 6 aliphatic rings. The van der Waals surface area contributed by atoms with Crippen LogP contribution in [0.3, 0.4) is 0 Å². The molecule has 0 radical (unpaired) electrons. The molecule has 6 fully saturated rings. The van der Waals surface area contributed by atoms with Gasteiger partial charge in [0.25, 0.3) is 10.1 Å². The van der Waals surface area contributed by atoms with Crippen LogP contribution >= 0.6 is 0 Å². The van der Waals surface area contributed by atoms with Gasteiger partial charge in [0.15, 0.2) is 0 Å². The highest BCUT2D eigenvalue weighted by molar-refractivity contribution is 7.85. The Kier molecular flexibility index (Phi) is 32.9. The van der Waals surface area contributed by atoms with Crippen LogP contribution in [-0.2, 0) is 98.5 Å². The van der Waals surface area contributed by atoms with Gasteiger partial charge in [-0.3, -0.25) is 18.9 Å². The maximum atomic E-state index is 13.9. The molecule has 758 valence electrons. The van der Waals surface area contributed by atoms with Gasteiger partial charge in [0.1, 0.15) is 41.7 Å². The summed E-state index contributed by atoms with van der Waals surface area (Å²) in [7, 11) is -4.00. The second kappa shape index (κ2) is 43.0. The quantitative estimate of drug-likeness (QED) is 0.0260. The van der Waals surface area contributed by atoms with Crippen molar-refractivity contribution in [1.82, 2.24) is 26.6 Å². The standard InChI is InChI=1S/C34H33F7N2O4.C34H31F7N2O4.C26H27F7N2O2.C6H6O3S/c2*1-19(22-14-23(33(36,37)38)16-24(15-22)34(39,40)41)47-28-13-12-26(29(28)21-8-10-25(35)11-9-21)27-17-32(2,30(44)42-27)43-31(45)46-18-20-6-4-3-5-7-20;1-13(15-9-16(25(28,29)30)11-17(10-15)26(31,32)33)37-21-8-7-19(20-12-24(2,34)23(36)35-20)22(21)14-3-5-18(27)6-4-14;7-10(8,9)6-4-2-1-3-5-6/h3-11,14-16,19,26-29H,12-13,17-18H2,1-2H3,(H,42,44)(H,43,45);3-11,14-16,19,28-29H,12-13,17-18H2,1-2H3,(H,42,44)(H,43,45);3-6,9-11,13,19-22H,7-8,12,34H2,1-2H3,(H,35,36);1-5H,(H,7,8,9)/t19-,26+,27-,28+,29+,32-;19-,28+,29+,32-;13-,19+,20-,21+,22+,24-;/m111./s1. The van der Waals surface area contributed by atoms with Crippen LogP contribution in [0.1, 0.15) is 213 Å². The van der Waals surface area contributed by atoms with Crippen molar-refractivity contribution in [3.63, 3.8) is 0 Å². The van der Waals surface area contributed by atoms with Crippen molar-refractivity contribution >= 4 is 40.0 Å². The molecule has 0 aromatic heterocycles. The fourth-order valence-electron chi connectivity index (χ4n) is 18.6. The first-order chi connectivity index (χ1) is 65.7. The third kappa shape index (κ3) is 27.4. The summed E-state index contributed by atoms with van der Waals surface area (Å²) in [6, 6.07) is 45.3. The van der Waals surface area contributed by atoms with Crippen molar-refractivity contribution in [1.29, 1.82) is 0 Å². The van der Waals surface area contributed by atoms with Crippen molar-refractivity contribution in [2.45, 2.75) is 238 Å². The van der Waals surface area contributed by atoms with Crippen molar-refractivity contribution in [3.05, 3.63) is 325 Å². The minimum Gasteiger partial charge on any atom is -0.445 e. The number of nitrogens with two attached hydrogens (primary N) is 1. The molecule has 3 heterocycles. The maximum absolute atomic E-state index is 13.9. The lowest BCUT2D eigenvalue weighted by Gasteiger charge is -2.31. The van der Waals surface area contributed by atoms with Crippen LogP contribution in [0.25, 0.3) is 0 Å². The molecule has 3 aliphatic carbocycles. The Morgan fingerprint density at radius 2 is 0.752 bits per heavy atom. The fourth-order valence-corrected chi connectivity index (χ4v) is 19.1. The number of carbonyl (C=O) groups excluding carboxylic acids is 5. The molecular weight excluding hydrogens is 1920 g/mol. The van der Waals surface area contributed by atoms with Gasteiger partial charge in [0.2, 0.25) is 17.7 Å². The van der Waals surface area contributed by atoms with E-state index >= 15 is 0 Å². The van der Waals surface area contributed by atoms with Gasteiger partial charge in [0.05, 0.1) is 80.4 Å². The summed E-state index contributed by atoms with van der Waals surface area (Å²) < 4.78 is 342. The molecule has 9 aromatic rings. The Balaban J connectivity index is 0.000000181. The lowest BCUT2D eigenvalue weighted by atomic mass is 9.80. The largest absolute Gasteiger partial charge is 0.445 e. The third-order valence-electron chi connectivity index (χ3n) is 25.7. The lowest BCUT2D eigenvalue weighted by Crippen LogP contribution is -2.51. The SMILES string of the molecule is C[C@@H](O[C@H]1CCC(=C2C[C@@](C)(NC(=O)OCc3ccccc3)C(=O)N2)[C@@H]1c1ccc(F)cc1)c1cc(C(F)(F)F)cc(C(F)(F)F)c1.C[C@@H](O[C@H]1CC[C@@H]([C@H]2C[C@@](C)(N)C(=O)N2)[C@@H]1c1ccc(F)cc1)c1cc(C(F)(F)F)cc(C(F)(F)F)c1.C[C@@H](O[C@H]1CC[C@@H]([C@H]2C[C@@](C)(NC(=O)OCc3ccccc3)C(=O)N2)[C@@H]1c1ccc(F)cc1)c1cc(C(F)(F)F)cc(C(F)(F)F)c1.O=S(=O)(O)c1ccccc1. The number of alkyl halides is 18. The minimum absolute atomic E-state index is 0.00336. The summed E-state index contributed by atoms with van der Waals surface area (Å²) in [5, 5.41) is 13.9. The highest BCUT2D eigenvalue weighted by Crippen LogP contribution is 2.53. The normalized spacial score (nSPS) is 24.9. The topological polar surface area (TPSA) is 272 Å². The molecule has 19 nitrogen and oxygen atoms in total. The van der Waals surface area contributed by atoms with Crippen LogP contribution in [0.2, 0.25) is 0 Å². The predicted octanol–water partition coefficient (Wildman–Crippen LogP) is 23.5. The molecule has 0 spiro atoms. The van der Waals surface area contributed by atoms with Crippen molar-refractivity contribution in [2.24, 2.45) is 17.6 Å². The highest BCUT2D eigenvalue weighted by atomic mass is 32.2. The number of hydrogen-bond donors (Lipinski definition) is 7. The van der Waals surface area contributed by atoms with Gasteiger partial charge in [0, 0.05) is 42.0 Å². The van der Waals surface area contributed by atoms with E-state index in [1.165, 1.54) is 88.4 Å². The number of rotatable bonds is 21. The highest BCUT2D eigenvalue weighted by Gasteiger charge is 2.55. The molecule has 141 heavy (non-hydrogen) atoms. The smallest absolute Gasteiger partial charge is 0.416 e. The summed E-state index contributed by atoms with van der Waals surface area (Å²) in [5.41, 5.74) is -2.62. The molecule has 5 amide bonds. The number of alkyl carbamates (subject to hydrolysis) is 2. The van der Waals surface area contributed by atoms with E-state index in [9.17, 15) is 125 Å². The summed E-state index contributed by atoms with van der Waals surface area (Å²) >= 11 is 0. The average Bonchev–Trinajstić information content (AvgIpc) is 1.61. The molecule has 0 unspecified atom stereocenters. The zero-order chi connectivity index (χ0) is 103. The van der Waals surface area contributed by atoms with Crippen LogP contribution in [0.5, 0.6) is 0 Å². The molecule has 3 saturated carbocycles. The number of amides is 5. The first-order valence-corrected chi connectivity index (χ1v) is 45.7. The van der Waals surface area contributed by atoms with Crippen LogP contribution in [0.4, 0.5) is 102 Å². The Morgan fingerprint density at radius 1 is 0.426 bits per heavy atom. The Labute approximate surface area is 796 Å². The number of ether oxygens (including phenoxy) is 5. The van der Waals surface area contributed by atoms with E-state index in [0.717, 1.165) is 11.1 Å². The summed E-state index contributed by atoms with van der Waals surface area (Å²) in [4.78, 5) is 63.8. The van der Waals surface area contributed by atoms with Crippen LogP contribution in [0, 0.1) is 29.3 Å². The van der Waals surface area contributed by atoms with E-state index in [1.54, 1.807) is 105 Å². The van der Waals surface area contributed by atoms with Gasteiger partial charge in [-0.15, -0.1) is 0 Å². The zero-order valence-electron chi connectivity index (χ0n) is 75.8. The molecule has 8 N–H and O–H groups in total. The second-order valence-corrected chi connectivity index (χ2v) is 37.5. The monoisotopic (exact) mass is 2020 g/mol. The molecule has 16 atom stereocenters. The number of halogens is 21. The van der Waals surface area contributed by atoms with Gasteiger partial charge < -0.3 is 56.0 Å². The van der Waals surface area contributed by atoms with E-state index in [1.807, 2.05) is 12.1 Å². The number of carbonyl (C=O) groups is 5. The fraction of sp³-hybridized carbons (Fsp3) is 0.390. The molecule has 0 bridgehead atoms. The van der Waals surface area contributed by atoms with Gasteiger partial charge in [-0.1, -0.05) is 115 Å². The predicted molar refractivity (Wildman–Crippen MR) is 469 cm³/mol. The molecular formula is C100H97F21N6O13S. The molecule has 41 heteroatoms. The van der Waals surface area contributed by atoms with E-state index in [-0.39, 0.29) is 89.6 Å². The molecule has 3 saturated heterocycles. The number of benzene rings is 9. The first-order valence-electron chi connectivity index (χ1n) is 44.3. The first kappa shape index (κ1) is 108. The van der Waals surface area contributed by atoms with Crippen LogP contribution in [0.15, 0.2) is 235 Å². The second-order valence-electron chi connectivity index (χ2n) is 36.1. The van der Waals surface area contributed by atoms with Crippen LogP contribution < -0.4 is 32.3 Å². The molecule has 15 rings (SSSR count). The van der Waals surface area contributed by atoms with Gasteiger partial charge >= 0.3 is 49.2 Å². The summed E-state index contributed by atoms with van der Waals surface area (Å²) in [5.74, 6) is -4.77. The molecule has 9 aromatic carbocycles. The number of nitrogens with one attached hydrogen (secondary N) is 5. The number of hydrogen-bond acceptors (Lipinski definition) is 13. The lowest BCUT2D eigenvalue weighted by molar-refractivity contribution is -0.145. The zero-order valence-corrected chi connectivity index (χ0v) is 76.7. The van der Waals surface area contributed by atoms with Gasteiger partial charge in [-0.2, -0.15) is 87.4 Å². The molecule has 3 aliphatic heterocycles. The van der Waals surface area contributed by atoms with E-state index in [4.69, 9.17) is 34.0 Å². The third-order valence-corrected chi connectivity index (χ3v) is 26.6. The van der Waals surface area contributed by atoms with E-state index in [0.29, 0.717) is 109 Å². The van der Waals surface area contributed by atoms with E-state index in [2.05, 4.69) is 26.6 Å².